The first-order chi connectivity index (χ1) is 15.6. The number of carbonyl (C=O) groups excluding carboxylic acids is 1. The molecule has 1 amide bonds. The number of sulfonamides is 1. The van der Waals surface area contributed by atoms with Gasteiger partial charge in [-0.15, -0.1) is 0 Å². The molecule has 1 N–H and O–H groups in total. The van der Waals surface area contributed by atoms with Crippen LogP contribution in [0.4, 0.5) is 13.2 Å². The Morgan fingerprint density at radius 2 is 1.73 bits per heavy atom. The van der Waals surface area contributed by atoms with E-state index in [1.165, 1.54) is 21.4 Å². The van der Waals surface area contributed by atoms with Gasteiger partial charge in [-0.25, -0.2) is 13.4 Å². The Morgan fingerprint density at radius 3 is 2.30 bits per heavy atom. The highest BCUT2D eigenvalue weighted by atomic mass is 32.2. The number of hydrogen-bond donors (Lipinski definition) is 1. The third-order valence-electron chi connectivity index (χ3n) is 5.59. The number of amides is 1. The number of imidazole rings is 1. The first-order valence-corrected chi connectivity index (χ1v) is 11.5. The van der Waals surface area contributed by atoms with Gasteiger partial charge < -0.3 is 9.88 Å². The van der Waals surface area contributed by atoms with E-state index >= 15 is 0 Å². The van der Waals surface area contributed by atoms with Crippen LogP contribution in [0, 0.1) is 0 Å². The van der Waals surface area contributed by atoms with Crippen molar-refractivity contribution in [3.05, 3.63) is 83.8 Å². The van der Waals surface area contributed by atoms with E-state index in [0.29, 0.717) is 0 Å². The van der Waals surface area contributed by atoms with Gasteiger partial charge >= 0.3 is 6.18 Å². The molecule has 7 nitrogen and oxygen atoms in total. The Hall–Kier alpha value is -3.18. The third-order valence-corrected chi connectivity index (χ3v) is 7.31. The normalized spacial score (nSPS) is 19.5. The number of nitrogens with zero attached hydrogens (tertiary/aromatic N) is 3. The van der Waals surface area contributed by atoms with Crippen molar-refractivity contribution in [3.63, 3.8) is 0 Å². The number of rotatable bonds is 5. The molecule has 0 bridgehead atoms. The van der Waals surface area contributed by atoms with Gasteiger partial charge in [-0.1, -0.05) is 30.3 Å². The molecule has 1 fully saturated rings. The first-order valence-electron chi connectivity index (χ1n) is 10.1. The zero-order valence-electron chi connectivity index (χ0n) is 17.5. The molecular weight excluding hydrogens is 457 g/mol. The van der Waals surface area contributed by atoms with Crippen molar-refractivity contribution in [3.8, 4) is 0 Å². The monoisotopic (exact) mass is 478 g/mol. The maximum absolute atomic E-state index is 13.1. The summed E-state index contributed by atoms with van der Waals surface area (Å²) in [7, 11) is -2.23. The van der Waals surface area contributed by atoms with Gasteiger partial charge in [0.2, 0.25) is 0 Å². The maximum Gasteiger partial charge on any atom is 0.416 e. The molecule has 33 heavy (non-hydrogen) atoms. The lowest BCUT2D eigenvalue weighted by Gasteiger charge is -2.20. The second-order valence-electron chi connectivity index (χ2n) is 7.87. The molecule has 11 heteroatoms. The van der Waals surface area contributed by atoms with E-state index in [1.807, 2.05) is 30.3 Å². The first kappa shape index (κ1) is 23.0. The van der Waals surface area contributed by atoms with Gasteiger partial charge in [0.25, 0.3) is 15.9 Å². The largest absolute Gasteiger partial charge is 0.416 e. The molecule has 1 aliphatic rings. The van der Waals surface area contributed by atoms with E-state index in [9.17, 15) is 26.4 Å². The fourth-order valence-electron chi connectivity index (χ4n) is 3.86. The number of aromatic nitrogens is 2. The number of carbonyl (C=O) groups is 1. The molecule has 1 aromatic heterocycles. The van der Waals surface area contributed by atoms with Crippen molar-refractivity contribution in [1.29, 1.82) is 0 Å². The topological polar surface area (TPSA) is 84.3 Å². The highest BCUT2D eigenvalue weighted by Crippen LogP contribution is 2.32. The molecule has 3 aromatic rings. The van der Waals surface area contributed by atoms with E-state index in [1.54, 1.807) is 7.05 Å². The Bertz CT molecular complexity index is 1240. The summed E-state index contributed by atoms with van der Waals surface area (Å²) in [5.41, 5.74) is 0.0458. The van der Waals surface area contributed by atoms with E-state index in [2.05, 4.69) is 10.3 Å². The van der Waals surface area contributed by atoms with Crippen molar-refractivity contribution in [1.82, 2.24) is 19.2 Å². The molecule has 2 heterocycles. The summed E-state index contributed by atoms with van der Waals surface area (Å²) in [6.45, 7) is 0.131. The molecule has 0 spiro atoms. The number of halogens is 3. The van der Waals surface area contributed by atoms with Crippen molar-refractivity contribution in [2.75, 3.05) is 13.1 Å². The van der Waals surface area contributed by atoms with Crippen LogP contribution in [0.2, 0.25) is 0 Å². The summed E-state index contributed by atoms with van der Waals surface area (Å²) in [6, 6.07) is 12.5. The van der Waals surface area contributed by atoms with Crippen LogP contribution in [0.3, 0.4) is 0 Å². The van der Waals surface area contributed by atoms with Crippen molar-refractivity contribution in [2.24, 2.45) is 7.05 Å². The summed E-state index contributed by atoms with van der Waals surface area (Å²) in [4.78, 5) is 16.7. The van der Waals surface area contributed by atoms with Crippen LogP contribution in [0.25, 0.3) is 0 Å². The number of benzene rings is 2. The number of aryl methyl sites for hydroxylation is 1. The molecule has 1 saturated heterocycles. The fraction of sp³-hybridized carbons (Fsp3) is 0.273. The minimum absolute atomic E-state index is 0.00480. The van der Waals surface area contributed by atoms with Crippen LogP contribution in [0.5, 0.6) is 0 Å². The zero-order chi connectivity index (χ0) is 23.8. The Morgan fingerprint density at radius 1 is 1.06 bits per heavy atom. The minimum Gasteiger partial charge on any atom is -0.347 e. The van der Waals surface area contributed by atoms with E-state index in [4.69, 9.17) is 0 Å². The Labute approximate surface area is 188 Å². The van der Waals surface area contributed by atoms with Crippen LogP contribution in [0.15, 0.2) is 72.1 Å². The summed E-state index contributed by atoms with van der Waals surface area (Å²) >= 11 is 0. The molecule has 2 aromatic carbocycles. The van der Waals surface area contributed by atoms with Crippen molar-refractivity contribution >= 4 is 15.9 Å². The van der Waals surface area contributed by atoms with Crippen LogP contribution in [-0.4, -0.2) is 47.3 Å². The number of alkyl halides is 3. The molecule has 0 aliphatic carbocycles. The van der Waals surface area contributed by atoms with Gasteiger partial charge in [-0.3, -0.25) is 4.79 Å². The highest BCUT2D eigenvalue weighted by molar-refractivity contribution is 7.89. The average molecular weight is 478 g/mol. The second-order valence-corrected chi connectivity index (χ2v) is 9.76. The third kappa shape index (κ3) is 4.79. The van der Waals surface area contributed by atoms with Crippen molar-refractivity contribution < 1.29 is 26.4 Å². The summed E-state index contributed by atoms with van der Waals surface area (Å²) < 4.78 is 67.4. The highest BCUT2D eigenvalue weighted by Gasteiger charge is 2.41. The molecule has 2 atom stereocenters. The van der Waals surface area contributed by atoms with Crippen molar-refractivity contribution in [2.45, 2.75) is 23.2 Å². The Balaban J connectivity index is 1.58. The van der Waals surface area contributed by atoms with E-state index in [-0.39, 0.29) is 29.6 Å². The molecule has 0 radical (unpaired) electrons. The molecule has 174 valence electrons. The standard InChI is InChI=1S/C22H21F3N4O3S/c1-28-13-20(26-14-28)33(31,32)29-11-18(15-5-3-2-4-6-15)19(12-29)27-21(30)16-7-9-17(10-8-16)22(23,24)25/h2-10,13-14,18-19H,11-12H2,1H3,(H,27,30)/t18-,19+/m0/s1. The lowest BCUT2D eigenvalue weighted by atomic mass is 9.94. The fourth-order valence-corrected chi connectivity index (χ4v) is 5.32. The number of nitrogens with one attached hydrogen (secondary N) is 1. The van der Waals surface area contributed by atoms with Crippen LogP contribution in [-0.2, 0) is 23.2 Å². The second kappa shape index (κ2) is 8.64. The quantitative estimate of drug-likeness (QED) is 0.611. The van der Waals surface area contributed by atoms with Gasteiger partial charge in [-0.2, -0.15) is 17.5 Å². The molecule has 1 aliphatic heterocycles. The molecule has 4 rings (SSSR count). The van der Waals surface area contributed by atoms with Gasteiger partial charge in [0, 0.05) is 37.8 Å². The predicted molar refractivity (Wildman–Crippen MR) is 114 cm³/mol. The maximum atomic E-state index is 13.1. The average Bonchev–Trinajstić information content (AvgIpc) is 3.41. The molecular formula is C22H21F3N4O3S. The van der Waals surface area contributed by atoms with Crippen LogP contribution < -0.4 is 5.32 Å². The summed E-state index contributed by atoms with van der Waals surface area (Å²) in [6.07, 6.45) is -1.71. The lowest BCUT2D eigenvalue weighted by molar-refractivity contribution is -0.137. The molecule has 0 unspecified atom stereocenters. The summed E-state index contributed by atoms with van der Waals surface area (Å²) in [5, 5.41) is 2.72. The zero-order valence-corrected chi connectivity index (χ0v) is 18.3. The van der Waals surface area contributed by atoms with E-state index in [0.717, 1.165) is 29.8 Å². The van der Waals surface area contributed by atoms with Crippen LogP contribution >= 0.6 is 0 Å². The summed E-state index contributed by atoms with van der Waals surface area (Å²) in [5.74, 6) is -0.921. The van der Waals surface area contributed by atoms with Crippen LogP contribution in [0.1, 0.15) is 27.4 Å². The minimum atomic E-state index is -4.50. The molecule has 0 saturated carbocycles. The predicted octanol–water partition coefficient (Wildman–Crippen LogP) is 3.03. The lowest BCUT2D eigenvalue weighted by Crippen LogP contribution is -2.40. The van der Waals surface area contributed by atoms with E-state index < -0.39 is 33.7 Å². The van der Waals surface area contributed by atoms with Gasteiger partial charge in [0.15, 0.2) is 5.03 Å². The Kier molecular flexibility index (Phi) is 6.02. The SMILES string of the molecule is Cn1cnc(S(=O)(=O)N2C[C@@H](NC(=O)c3ccc(C(F)(F)F)cc3)[C@H](c3ccccc3)C2)c1. The van der Waals surface area contributed by atoms with Gasteiger partial charge in [-0.05, 0) is 29.8 Å². The number of hydrogen-bond acceptors (Lipinski definition) is 4. The smallest absolute Gasteiger partial charge is 0.347 e. The van der Waals surface area contributed by atoms with Gasteiger partial charge in [0.1, 0.15) is 0 Å². The van der Waals surface area contributed by atoms with Gasteiger partial charge in [0.05, 0.1) is 17.9 Å².